The Kier molecular flexibility index (Phi) is 4.09. The lowest BCUT2D eigenvalue weighted by Crippen LogP contribution is -2.27. The van der Waals surface area contributed by atoms with Crippen LogP contribution in [0.3, 0.4) is 0 Å². The Balaban J connectivity index is 1.68. The van der Waals surface area contributed by atoms with Crippen LogP contribution in [-0.2, 0) is 0 Å². The monoisotopic (exact) mass is 361 g/mol. The highest BCUT2D eigenvalue weighted by atomic mass is 32.1. The van der Waals surface area contributed by atoms with E-state index in [-0.39, 0.29) is 5.76 Å². The number of aryl methyl sites for hydroxylation is 1. The summed E-state index contributed by atoms with van der Waals surface area (Å²) in [6.45, 7) is 4.41. The zero-order valence-electron chi connectivity index (χ0n) is 14.7. The fourth-order valence-electron chi connectivity index (χ4n) is 3.17. The van der Waals surface area contributed by atoms with Crippen molar-refractivity contribution in [2.45, 2.75) is 13.8 Å². The minimum Gasteiger partial charge on any atom is -0.510 e. The number of rotatable bonds is 3. The fraction of sp³-hybridized carbons (Fsp3) is 0.143. The van der Waals surface area contributed by atoms with Crippen molar-refractivity contribution in [3.8, 4) is 11.3 Å². The van der Waals surface area contributed by atoms with E-state index in [1.165, 1.54) is 16.9 Å². The van der Waals surface area contributed by atoms with Crippen LogP contribution in [0.25, 0.3) is 16.8 Å². The summed E-state index contributed by atoms with van der Waals surface area (Å²) in [6, 6.07) is 16.0. The fourth-order valence-corrected chi connectivity index (χ4v) is 4.06. The zero-order chi connectivity index (χ0) is 18.3. The predicted molar refractivity (Wildman–Crippen MR) is 108 cm³/mol. The van der Waals surface area contributed by atoms with E-state index in [4.69, 9.17) is 5.41 Å². The van der Waals surface area contributed by atoms with Crippen molar-refractivity contribution in [1.29, 1.82) is 5.41 Å². The molecule has 0 saturated carbocycles. The largest absolute Gasteiger partial charge is 0.510 e. The number of nitrogens with zero attached hydrogens (tertiary/aromatic N) is 2. The third kappa shape index (κ3) is 2.70. The molecule has 3 aromatic rings. The second-order valence-electron chi connectivity index (χ2n) is 6.38. The van der Waals surface area contributed by atoms with Gasteiger partial charge >= 0.3 is 0 Å². The first kappa shape index (κ1) is 16.5. The lowest BCUT2D eigenvalue weighted by atomic mass is 10.1. The first-order chi connectivity index (χ1) is 12.6. The van der Waals surface area contributed by atoms with Crippen LogP contribution in [0.1, 0.15) is 16.1 Å². The second kappa shape index (κ2) is 6.42. The van der Waals surface area contributed by atoms with Gasteiger partial charge in [-0.3, -0.25) is 5.41 Å². The molecule has 4 rings (SSSR count). The standard InChI is InChI=1S/C21H19N3OS/c1-13-7-6-10-17(14(13)2)24-11-18(25)19(20(24)22)21-23-16(12-26-21)15-8-4-3-5-9-15/h3-10,12,22,25H,11H2,1-2H3. The van der Waals surface area contributed by atoms with E-state index in [1.54, 1.807) is 0 Å². The number of benzene rings is 2. The van der Waals surface area contributed by atoms with Crippen molar-refractivity contribution in [3.63, 3.8) is 0 Å². The molecule has 130 valence electrons. The summed E-state index contributed by atoms with van der Waals surface area (Å²) >= 11 is 1.46. The molecule has 2 N–H and O–H groups in total. The zero-order valence-corrected chi connectivity index (χ0v) is 15.5. The van der Waals surface area contributed by atoms with E-state index >= 15 is 0 Å². The Morgan fingerprint density at radius 2 is 1.85 bits per heavy atom. The smallest absolute Gasteiger partial charge is 0.139 e. The molecular formula is C21H19N3OS. The van der Waals surface area contributed by atoms with Crippen LogP contribution in [0.2, 0.25) is 0 Å². The number of thiazole rings is 1. The van der Waals surface area contributed by atoms with E-state index in [2.05, 4.69) is 18.0 Å². The summed E-state index contributed by atoms with van der Waals surface area (Å²) in [4.78, 5) is 6.51. The van der Waals surface area contributed by atoms with Gasteiger partial charge in [0.2, 0.25) is 0 Å². The summed E-state index contributed by atoms with van der Waals surface area (Å²) in [7, 11) is 0. The van der Waals surface area contributed by atoms with Gasteiger partial charge in [0.1, 0.15) is 16.6 Å². The summed E-state index contributed by atoms with van der Waals surface area (Å²) in [5, 5.41) is 21.8. The van der Waals surface area contributed by atoms with Crippen LogP contribution >= 0.6 is 11.3 Å². The molecule has 0 bridgehead atoms. The van der Waals surface area contributed by atoms with E-state index in [1.807, 2.05) is 59.7 Å². The molecular weight excluding hydrogens is 342 g/mol. The van der Waals surface area contributed by atoms with Crippen molar-refractivity contribution in [1.82, 2.24) is 4.98 Å². The number of amidine groups is 1. The normalized spacial score (nSPS) is 14.4. The van der Waals surface area contributed by atoms with Crippen LogP contribution in [0.5, 0.6) is 0 Å². The molecule has 5 heteroatoms. The Labute approximate surface area is 156 Å². The Hall–Kier alpha value is -2.92. The van der Waals surface area contributed by atoms with E-state index < -0.39 is 0 Å². The molecule has 1 aliphatic heterocycles. The van der Waals surface area contributed by atoms with Crippen molar-refractivity contribution in [3.05, 3.63) is 75.8 Å². The van der Waals surface area contributed by atoms with Gasteiger partial charge < -0.3 is 10.0 Å². The van der Waals surface area contributed by atoms with Gasteiger partial charge in [0, 0.05) is 16.6 Å². The van der Waals surface area contributed by atoms with Crippen LogP contribution < -0.4 is 4.90 Å². The number of nitrogens with one attached hydrogen (secondary N) is 1. The molecule has 0 atom stereocenters. The third-order valence-corrected chi connectivity index (χ3v) is 5.62. The predicted octanol–water partition coefficient (Wildman–Crippen LogP) is 5.19. The molecule has 0 radical (unpaired) electrons. The first-order valence-corrected chi connectivity index (χ1v) is 9.30. The highest BCUT2D eigenvalue weighted by Crippen LogP contribution is 2.35. The Morgan fingerprint density at radius 3 is 2.62 bits per heavy atom. The third-order valence-electron chi connectivity index (χ3n) is 4.76. The number of anilines is 1. The molecule has 0 fully saturated rings. The van der Waals surface area contributed by atoms with Gasteiger partial charge in [-0.1, -0.05) is 42.5 Å². The molecule has 2 aromatic carbocycles. The maximum absolute atomic E-state index is 10.5. The number of aromatic nitrogens is 1. The van der Waals surface area contributed by atoms with Crippen molar-refractivity contribution < 1.29 is 5.11 Å². The van der Waals surface area contributed by atoms with Crippen LogP contribution in [0.4, 0.5) is 5.69 Å². The van der Waals surface area contributed by atoms with E-state index in [0.717, 1.165) is 22.5 Å². The number of aliphatic hydroxyl groups excluding tert-OH is 1. The highest BCUT2D eigenvalue weighted by Gasteiger charge is 2.32. The van der Waals surface area contributed by atoms with E-state index in [0.29, 0.717) is 23.0 Å². The topological polar surface area (TPSA) is 60.2 Å². The lowest BCUT2D eigenvalue weighted by molar-refractivity contribution is 0.411. The second-order valence-corrected chi connectivity index (χ2v) is 7.24. The Bertz CT molecular complexity index is 1020. The molecule has 26 heavy (non-hydrogen) atoms. The van der Waals surface area contributed by atoms with Gasteiger partial charge in [0.15, 0.2) is 0 Å². The van der Waals surface area contributed by atoms with Gasteiger partial charge in [-0.25, -0.2) is 4.98 Å². The molecule has 2 heterocycles. The molecule has 0 aliphatic carbocycles. The summed E-state index contributed by atoms with van der Waals surface area (Å²) in [5.74, 6) is 0.495. The minimum absolute atomic E-state index is 0.199. The number of hydrogen-bond donors (Lipinski definition) is 2. The van der Waals surface area contributed by atoms with E-state index in [9.17, 15) is 5.11 Å². The summed E-state index contributed by atoms with van der Waals surface area (Å²) < 4.78 is 0. The summed E-state index contributed by atoms with van der Waals surface area (Å²) in [5.41, 5.74) is 5.67. The SMILES string of the molecule is Cc1cccc(N2CC(O)=C(c3nc(-c4ccccc4)cs3)C2=N)c1C. The first-order valence-electron chi connectivity index (χ1n) is 8.42. The molecule has 4 nitrogen and oxygen atoms in total. The maximum atomic E-state index is 10.5. The maximum Gasteiger partial charge on any atom is 0.139 e. The van der Waals surface area contributed by atoms with Crippen molar-refractivity contribution in [2.75, 3.05) is 11.4 Å². The van der Waals surface area contributed by atoms with Crippen LogP contribution in [0, 0.1) is 19.3 Å². The van der Waals surface area contributed by atoms with Crippen LogP contribution in [0.15, 0.2) is 59.7 Å². The lowest BCUT2D eigenvalue weighted by Gasteiger charge is -2.21. The molecule has 0 unspecified atom stereocenters. The summed E-state index contributed by atoms with van der Waals surface area (Å²) in [6.07, 6.45) is 0. The van der Waals surface area contributed by atoms with Crippen molar-refractivity contribution >= 4 is 28.4 Å². The van der Waals surface area contributed by atoms with Gasteiger partial charge in [-0.15, -0.1) is 11.3 Å². The molecule has 0 saturated heterocycles. The molecule has 0 amide bonds. The molecule has 0 spiro atoms. The average Bonchev–Trinajstić information content (AvgIpc) is 3.23. The molecule has 1 aliphatic rings. The minimum atomic E-state index is 0.199. The molecule has 1 aromatic heterocycles. The average molecular weight is 361 g/mol. The number of hydrogen-bond acceptors (Lipinski definition) is 4. The Morgan fingerprint density at radius 1 is 1.08 bits per heavy atom. The van der Waals surface area contributed by atoms with Crippen LogP contribution in [-0.4, -0.2) is 22.5 Å². The van der Waals surface area contributed by atoms with Gasteiger partial charge in [-0.2, -0.15) is 0 Å². The van der Waals surface area contributed by atoms with Gasteiger partial charge in [-0.05, 0) is 31.0 Å². The highest BCUT2D eigenvalue weighted by molar-refractivity contribution is 7.11. The van der Waals surface area contributed by atoms with Crippen molar-refractivity contribution in [2.24, 2.45) is 0 Å². The number of aliphatic hydroxyl groups is 1. The van der Waals surface area contributed by atoms with Gasteiger partial charge in [0.05, 0.1) is 17.8 Å². The quantitative estimate of drug-likeness (QED) is 0.674. The van der Waals surface area contributed by atoms with Gasteiger partial charge in [0.25, 0.3) is 0 Å².